The number of nitrogens with zero attached hydrogens (tertiary/aromatic N) is 1. The molecule has 0 aromatic rings. The van der Waals surface area contributed by atoms with Crippen molar-refractivity contribution in [3.05, 3.63) is 0 Å². The van der Waals surface area contributed by atoms with Gasteiger partial charge in [0.1, 0.15) is 6.34 Å². The number of rotatable bonds is 5. The number of ketones is 1. The van der Waals surface area contributed by atoms with Crippen LogP contribution in [0.5, 0.6) is 0 Å². The lowest BCUT2D eigenvalue weighted by Gasteiger charge is -2.20. The Bertz CT molecular complexity index is 219. The molecule has 13 heavy (non-hydrogen) atoms. The van der Waals surface area contributed by atoms with Gasteiger partial charge < -0.3 is 0 Å². The summed E-state index contributed by atoms with van der Waals surface area (Å²) in [6.45, 7) is 7.47. The zero-order valence-electron chi connectivity index (χ0n) is 8.66. The van der Waals surface area contributed by atoms with E-state index in [1.54, 1.807) is 5.32 Å². The molecule has 3 N–H and O–H groups in total. The second-order valence-corrected chi connectivity index (χ2v) is 3.83. The van der Waals surface area contributed by atoms with Crippen LogP contribution in [0.2, 0.25) is 0 Å². The molecule has 0 amide bonds. The predicted molar refractivity (Wildman–Crippen MR) is 53.1 cm³/mol. The third-order valence-electron chi connectivity index (χ3n) is 1.81. The number of nitrogens with two attached hydrogens (primary N) is 1. The van der Waals surface area contributed by atoms with Crippen molar-refractivity contribution in [2.75, 3.05) is 0 Å². The average Bonchev–Trinajstić information content (AvgIpc) is 2.03. The molecule has 0 aliphatic carbocycles. The van der Waals surface area contributed by atoms with Crippen molar-refractivity contribution in [3.8, 4) is 0 Å². The van der Waals surface area contributed by atoms with E-state index in [9.17, 15) is 4.79 Å². The molecule has 0 saturated heterocycles. The highest BCUT2D eigenvalue weighted by Crippen LogP contribution is 2.05. The van der Waals surface area contributed by atoms with E-state index in [1.165, 1.54) is 6.34 Å². The minimum atomic E-state index is -0.485. The molecule has 0 aromatic heterocycles. The molecule has 0 unspecified atom stereocenters. The number of nitrogens with one attached hydrogen (secondary N) is 1. The smallest absolute Gasteiger partial charge is 0.195 e. The molecule has 0 bridgehead atoms. The van der Waals surface area contributed by atoms with Gasteiger partial charge in [0, 0.05) is 5.92 Å². The first-order chi connectivity index (χ1) is 5.91. The summed E-state index contributed by atoms with van der Waals surface area (Å²) in [5.74, 6) is 0.212. The van der Waals surface area contributed by atoms with Crippen molar-refractivity contribution in [2.24, 2.45) is 10.9 Å². The Morgan fingerprint density at radius 1 is 1.54 bits per heavy atom. The van der Waals surface area contributed by atoms with Gasteiger partial charge in [-0.1, -0.05) is 13.8 Å². The lowest BCUT2D eigenvalue weighted by Crippen LogP contribution is -2.96. The molecule has 0 aromatic carbocycles. The molecule has 0 spiro atoms. The van der Waals surface area contributed by atoms with E-state index < -0.39 is 5.54 Å². The van der Waals surface area contributed by atoms with Gasteiger partial charge in [-0.05, 0) is 13.8 Å². The van der Waals surface area contributed by atoms with Crippen LogP contribution in [0.3, 0.4) is 0 Å². The number of carbonyl (C=O) groups excluding carboxylic acids is 1. The third kappa shape index (κ3) is 3.94. The summed E-state index contributed by atoms with van der Waals surface area (Å²) in [6, 6.07) is 0. The van der Waals surface area contributed by atoms with Crippen LogP contribution in [0.15, 0.2) is 4.99 Å². The number of hydrogen-bond acceptors (Lipinski definition) is 2. The van der Waals surface area contributed by atoms with Gasteiger partial charge in [0.2, 0.25) is 0 Å². The van der Waals surface area contributed by atoms with Crippen LogP contribution < -0.4 is 5.32 Å². The summed E-state index contributed by atoms with van der Waals surface area (Å²) in [6.07, 6.45) is 2.44. The maximum atomic E-state index is 11.6. The second-order valence-electron chi connectivity index (χ2n) is 3.83. The quantitative estimate of drug-likeness (QED) is 0.464. The Balaban J connectivity index is 4.30. The van der Waals surface area contributed by atoms with E-state index in [4.69, 9.17) is 5.41 Å². The van der Waals surface area contributed by atoms with Crippen LogP contribution in [0.1, 0.15) is 27.7 Å². The van der Waals surface area contributed by atoms with E-state index in [0.29, 0.717) is 0 Å². The summed E-state index contributed by atoms with van der Waals surface area (Å²) >= 11 is 0. The van der Waals surface area contributed by atoms with Crippen LogP contribution in [0, 0.1) is 11.3 Å². The summed E-state index contributed by atoms with van der Waals surface area (Å²) in [7, 11) is 0. The van der Waals surface area contributed by atoms with Crippen molar-refractivity contribution in [2.45, 2.75) is 33.2 Å². The highest BCUT2D eigenvalue weighted by Gasteiger charge is 2.32. The first-order valence-corrected chi connectivity index (χ1v) is 4.32. The minimum Gasteiger partial charge on any atom is -0.293 e. The number of aliphatic imine (C=N–C) groups is 1. The largest absolute Gasteiger partial charge is 0.293 e. The molecule has 0 radical (unpaired) electrons. The Kier molecular flexibility index (Phi) is 4.48. The van der Waals surface area contributed by atoms with Crippen molar-refractivity contribution in [1.82, 2.24) is 0 Å². The van der Waals surface area contributed by atoms with E-state index in [-0.39, 0.29) is 11.7 Å². The molecule has 0 aliphatic rings. The molecule has 74 valence electrons. The number of carbonyl (C=O) groups is 1. The molecule has 0 atom stereocenters. The molecule has 0 saturated carbocycles. The lowest BCUT2D eigenvalue weighted by atomic mass is 9.91. The Morgan fingerprint density at radius 3 is 2.46 bits per heavy atom. The molecule has 4 nitrogen and oxygen atoms in total. The van der Waals surface area contributed by atoms with E-state index in [1.807, 2.05) is 27.7 Å². The Labute approximate surface area is 79.0 Å². The summed E-state index contributed by atoms with van der Waals surface area (Å²) in [5, 5.41) is 8.40. The molecular weight excluding hydrogens is 166 g/mol. The van der Waals surface area contributed by atoms with Gasteiger partial charge in [-0.15, -0.1) is 0 Å². The highest BCUT2D eigenvalue weighted by atomic mass is 16.1. The fourth-order valence-electron chi connectivity index (χ4n) is 1.10. The van der Waals surface area contributed by atoms with Gasteiger partial charge in [-0.3, -0.25) is 15.5 Å². The Morgan fingerprint density at radius 2 is 2.08 bits per heavy atom. The standard InChI is InChI=1S/C9H17N3O/c1-7(2)8(13)9(3,4)12-6-11-5-10/h5-7H,1-4H3,(H2,10,11,12)/p+1. The van der Waals surface area contributed by atoms with Crippen LogP contribution in [0.4, 0.5) is 0 Å². The minimum absolute atomic E-state index is 0.0274. The second kappa shape index (κ2) is 4.87. The number of quaternary nitrogens is 1. The fourth-order valence-corrected chi connectivity index (χ4v) is 1.10. The SMILES string of the molecule is CC(C)C(=O)C(C)(C)[NH2+]C=NC=N. The molecule has 4 heteroatoms. The predicted octanol–water partition coefficient (Wildman–Crippen LogP) is 0.189. The molecular formula is C9H18N3O+. The lowest BCUT2D eigenvalue weighted by molar-refractivity contribution is -0.592. The normalized spacial score (nSPS) is 12.4. The highest BCUT2D eigenvalue weighted by molar-refractivity contribution is 5.88. The topological polar surface area (TPSA) is 69.9 Å². The number of Topliss-reactive ketones (excluding diaryl/α,β-unsaturated/α-hetero) is 1. The van der Waals surface area contributed by atoms with Crippen LogP contribution in [-0.2, 0) is 4.79 Å². The average molecular weight is 184 g/mol. The van der Waals surface area contributed by atoms with Gasteiger partial charge in [0.05, 0.1) is 0 Å². The number of hydrogen-bond donors (Lipinski definition) is 2. The zero-order valence-corrected chi connectivity index (χ0v) is 8.66. The van der Waals surface area contributed by atoms with Crippen LogP contribution in [-0.4, -0.2) is 24.0 Å². The monoisotopic (exact) mass is 184 g/mol. The summed E-state index contributed by atoms with van der Waals surface area (Å²) < 4.78 is 0. The summed E-state index contributed by atoms with van der Waals surface area (Å²) in [5.41, 5.74) is -0.485. The van der Waals surface area contributed by atoms with E-state index in [2.05, 4.69) is 4.99 Å². The van der Waals surface area contributed by atoms with Crippen LogP contribution in [0.25, 0.3) is 0 Å². The van der Waals surface area contributed by atoms with Gasteiger partial charge in [-0.2, -0.15) is 4.99 Å². The van der Waals surface area contributed by atoms with E-state index >= 15 is 0 Å². The van der Waals surface area contributed by atoms with E-state index in [0.717, 1.165) is 6.34 Å². The van der Waals surface area contributed by atoms with Crippen molar-refractivity contribution >= 4 is 18.5 Å². The molecule has 0 rings (SSSR count). The van der Waals surface area contributed by atoms with Crippen molar-refractivity contribution < 1.29 is 10.1 Å². The first kappa shape index (κ1) is 12.0. The molecule has 0 heterocycles. The van der Waals surface area contributed by atoms with Gasteiger partial charge in [-0.25, -0.2) is 0 Å². The maximum Gasteiger partial charge on any atom is 0.195 e. The van der Waals surface area contributed by atoms with Crippen molar-refractivity contribution in [1.29, 1.82) is 5.41 Å². The van der Waals surface area contributed by atoms with Gasteiger partial charge in [0.15, 0.2) is 17.7 Å². The maximum absolute atomic E-state index is 11.6. The molecule has 0 aliphatic heterocycles. The van der Waals surface area contributed by atoms with Gasteiger partial charge in [0.25, 0.3) is 0 Å². The third-order valence-corrected chi connectivity index (χ3v) is 1.81. The zero-order chi connectivity index (χ0) is 10.5. The summed E-state index contributed by atoms with van der Waals surface area (Å²) in [4.78, 5) is 15.2. The fraction of sp³-hybridized carbons (Fsp3) is 0.667. The Hall–Kier alpha value is -1.03. The molecule has 0 fully saturated rings. The van der Waals surface area contributed by atoms with Crippen molar-refractivity contribution in [3.63, 3.8) is 0 Å². The first-order valence-electron chi connectivity index (χ1n) is 4.32. The van der Waals surface area contributed by atoms with Gasteiger partial charge >= 0.3 is 0 Å². The van der Waals surface area contributed by atoms with Crippen LogP contribution >= 0.6 is 0 Å².